The minimum absolute atomic E-state index is 0.0155. The number of benzene rings is 2. The first-order valence-corrected chi connectivity index (χ1v) is 13.0. The number of carbonyl (C=O) groups excluding carboxylic acids is 1. The number of alkyl halides is 1. The molecule has 1 spiro atoms. The summed E-state index contributed by atoms with van der Waals surface area (Å²) in [5.41, 5.74) is 1.24. The van der Waals surface area contributed by atoms with Crippen molar-refractivity contribution >= 4 is 17.5 Å². The molecule has 0 unspecified atom stereocenters. The van der Waals surface area contributed by atoms with E-state index in [1.54, 1.807) is 4.90 Å². The van der Waals surface area contributed by atoms with Crippen LogP contribution in [0.1, 0.15) is 41.6 Å². The van der Waals surface area contributed by atoms with Crippen LogP contribution in [-0.2, 0) is 6.42 Å². The third kappa shape index (κ3) is 5.56. The van der Waals surface area contributed by atoms with Gasteiger partial charge in [-0.3, -0.25) is 4.79 Å². The number of amides is 1. The molecule has 0 saturated carbocycles. The number of piperidine rings is 2. The highest BCUT2D eigenvalue weighted by atomic mass is 35.5. The van der Waals surface area contributed by atoms with Gasteiger partial charge in [-0.25, -0.2) is 4.39 Å². The molecule has 0 bridgehead atoms. The van der Waals surface area contributed by atoms with E-state index in [0.29, 0.717) is 38.0 Å². The van der Waals surface area contributed by atoms with E-state index in [-0.39, 0.29) is 29.6 Å². The Morgan fingerprint density at radius 2 is 1.92 bits per heavy atom. The van der Waals surface area contributed by atoms with Crippen LogP contribution < -0.4 is 9.47 Å². The minimum atomic E-state index is -0.876. The van der Waals surface area contributed by atoms with Crippen LogP contribution in [0.5, 0.6) is 17.2 Å². The molecule has 2 fully saturated rings. The van der Waals surface area contributed by atoms with Gasteiger partial charge in [-0.2, -0.15) is 0 Å². The number of aromatic hydroxyl groups is 1. The van der Waals surface area contributed by atoms with Crippen molar-refractivity contribution < 1.29 is 28.9 Å². The predicted molar refractivity (Wildman–Crippen MR) is 134 cm³/mol. The second kappa shape index (κ2) is 10.4. The van der Waals surface area contributed by atoms with E-state index in [0.717, 1.165) is 48.7 Å². The molecular weight excluding hydrogens is 487 g/mol. The lowest BCUT2D eigenvalue weighted by atomic mass is 9.87. The third-order valence-corrected chi connectivity index (χ3v) is 7.67. The van der Waals surface area contributed by atoms with Crippen molar-refractivity contribution in [3.8, 4) is 17.2 Å². The third-order valence-electron chi connectivity index (χ3n) is 7.44. The predicted octanol–water partition coefficient (Wildman–Crippen LogP) is 3.83. The van der Waals surface area contributed by atoms with Crippen LogP contribution in [0.25, 0.3) is 0 Å². The normalized spacial score (nSPS) is 20.7. The van der Waals surface area contributed by atoms with Crippen molar-refractivity contribution in [3.63, 3.8) is 0 Å². The van der Waals surface area contributed by atoms with Gasteiger partial charge in [0, 0.05) is 63.1 Å². The maximum atomic E-state index is 13.5. The van der Waals surface area contributed by atoms with Gasteiger partial charge < -0.3 is 29.5 Å². The van der Waals surface area contributed by atoms with Crippen LogP contribution in [0.15, 0.2) is 36.4 Å². The first-order valence-electron chi connectivity index (χ1n) is 12.6. The van der Waals surface area contributed by atoms with Gasteiger partial charge in [-0.1, -0.05) is 11.6 Å². The number of hydrogen-bond acceptors (Lipinski definition) is 6. The molecule has 3 heterocycles. The summed E-state index contributed by atoms with van der Waals surface area (Å²) in [6, 6.07) is 10.1. The van der Waals surface area contributed by atoms with Crippen molar-refractivity contribution in [2.45, 2.75) is 50.0 Å². The van der Waals surface area contributed by atoms with E-state index in [9.17, 15) is 19.4 Å². The summed E-state index contributed by atoms with van der Waals surface area (Å²) in [5, 5.41) is 21.3. The lowest BCUT2D eigenvalue weighted by molar-refractivity contribution is -0.00203. The second-order valence-corrected chi connectivity index (χ2v) is 10.6. The Bertz CT molecular complexity index is 1100. The van der Waals surface area contributed by atoms with Crippen molar-refractivity contribution in [3.05, 3.63) is 52.5 Å². The summed E-state index contributed by atoms with van der Waals surface area (Å²) in [7, 11) is 0. The fourth-order valence-electron chi connectivity index (χ4n) is 5.39. The summed E-state index contributed by atoms with van der Waals surface area (Å²) in [6.07, 6.45) is 1.55. The molecule has 194 valence electrons. The fourth-order valence-corrected chi connectivity index (χ4v) is 5.58. The molecule has 7 nitrogen and oxygen atoms in total. The molecule has 2 N–H and O–H groups in total. The molecule has 9 heteroatoms. The molecule has 0 aliphatic carbocycles. The Hall–Kier alpha value is -2.55. The van der Waals surface area contributed by atoms with Gasteiger partial charge in [0.15, 0.2) is 0 Å². The van der Waals surface area contributed by atoms with Crippen molar-refractivity contribution in [1.29, 1.82) is 0 Å². The molecule has 5 rings (SSSR count). The number of β-amino-alcohol motifs (C(OH)–C–C–N with tert-alkyl or cyclic N) is 1. The molecule has 1 atom stereocenters. The smallest absolute Gasteiger partial charge is 0.257 e. The number of ether oxygens (including phenoxy) is 2. The van der Waals surface area contributed by atoms with Crippen LogP contribution in [-0.4, -0.2) is 83.1 Å². The highest BCUT2D eigenvalue weighted by Gasteiger charge is 2.42. The molecule has 36 heavy (non-hydrogen) atoms. The lowest BCUT2D eigenvalue weighted by Gasteiger charge is -2.39. The van der Waals surface area contributed by atoms with Crippen LogP contribution in [0.3, 0.4) is 0 Å². The Morgan fingerprint density at radius 1 is 1.17 bits per heavy atom. The van der Waals surface area contributed by atoms with E-state index < -0.39 is 12.3 Å². The van der Waals surface area contributed by atoms with Gasteiger partial charge in [0.05, 0.1) is 5.56 Å². The van der Waals surface area contributed by atoms with Gasteiger partial charge in [-0.05, 0) is 48.7 Å². The number of fused-ring (bicyclic) bond motifs is 1. The zero-order valence-electron chi connectivity index (χ0n) is 20.2. The number of nitrogens with zero attached hydrogens (tertiary/aromatic N) is 2. The van der Waals surface area contributed by atoms with E-state index in [2.05, 4.69) is 4.90 Å². The fraction of sp³-hybridized carbons (Fsp3) is 0.519. The molecule has 1 amide bonds. The molecular formula is C27H32ClFN2O5. The number of aliphatic hydroxyl groups is 1. The van der Waals surface area contributed by atoms with Crippen molar-refractivity contribution in [2.75, 3.05) is 39.3 Å². The molecule has 0 radical (unpaired) electrons. The molecule has 2 aromatic carbocycles. The number of phenols is 1. The zero-order valence-corrected chi connectivity index (χ0v) is 20.9. The Morgan fingerprint density at radius 3 is 2.67 bits per heavy atom. The number of halogens is 2. The first kappa shape index (κ1) is 25.1. The quantitative estimate of drug-likeness (QED) is 0.605. The number of rotatable bonds is 6. The van der Waals surface area contributed by atoms with Crippen molar-refractivity contribution in [2.24, 2.45) is 0 Å². The van der Waals surface area contributed by atoms with Gasteiger partial charge >= 0.3 is 0 Å². The number of phenolic OH excluding ortho intramolecular Hbond substituents is 1. The molecule has 2 aromatic rings. The maximum absolute atomic E-state index is 13.5. The van der Waals surface area contributed by atoms with Gasteiger partial charge in [0.1, 0.15) is 41.7 Å². The average molecular weight is 519 g/mol. The zero-order chi connectivity index (χ0) is 25.3. The molecule has 3 aliphatic heterocycles. The molecule has 0 aromatic heterocycles. The van der Waals surface area contributed by atoms with Gasteiger partial charge in [-0.15, -0.1) is 0 Å². The summed E-state index contributed by atoms with van der Waals surface area (Å²) in [4.78, 5) is 16.8. The van der Waals surface area contributed by atoms with Gasteiger partial charge in [0.2, 0.25) is 0 Å². The number of carbonyl (C=O) groups is 1. The topological polar surface area (TPSA) is 82.5 Å². The molecule has 2 saturated heterocycles. The number of aliphatic hydroxyl groups excluding tert-OH is 1. The highest BCUT2D eigenvalue weighted by Crippen LogP contribution is 2.42. The number of likely N-dealkylation sites (tertiary alicyclic amines) is 2. The first-order chi connectivity index (χ1) is 17.3. The summed E-state index contributed by atoms with van der Waals surface area (Å²) >= 11 is 6.13. The van der Waals surface area contributed by atoms with Gasteiger partial charge in [0.25, 0.3) is 5.91 Å². The largest absolute Gasteiger partial charge is 0.508 e. The number of hydrogen-bond donors (Lipinski definition) is 2. The van der Waals surface area contributed by atoms with Crippen LogP contribution in [0, 0.1) is 0 Å². The van der Waals surface area contributed by atoms with Crippen LogP contribution >= 0.6 is 11.6 Å². The Kier molecular flexibility index (Phi) is 7.28. The van der Waals surface area contributed by atoms with Crippen LogP contribution in [0.4, 0.5) is 4.39 Å². The minimum Gasteiger partial charge on any atom is -0.508 e. The maximum Gasteiger partial charge on any atom is 0.257 e. The summed E-state index contributed by atoms with van der Waals surface area (Å²) in [6.45, 7) is 2.69. The van der Waals surface area contributed by atoms with E-state index in [4.69, 9.17) is 21.1 Å². The van der Waals surface area contributed by atoms with Crippen LogP contribution in [0.2, 0.25) is 5.02 Å². The van der Waals surface area contributed by atoms with E-state index in [1.165, 1.54) is 18.2 Å². The van der Waals surface area contributed by atoms with Crippen molar-refractivity contribution in [1.82, 2.24) is 9.80 Å². The average Bonchev–Trinajstić information content (AvgIpc) is 3.21. The standard InChI is InChI=1S/C27H32ClFN2O5/c28-19-1-4-24-18(13-19)15-27(36-24)7-11-30(12-8-27)16-22(33)17-35-25-14-21(32)2-3-23(25)26(34)31-9-5-20(29)6-10-31/h1-4,13-14,20,22,32-33H,5-12,15-17H2/t22-/m0/s1. The highest BCUT2D eigenvalue weighted by molar-refractivity contribution is 6.30. The van der Waals surface area contributed by atoms with E-state index >= 15 is 0 Å². The summed E-state index contributed by atoms with van der Waals surface area (Å²) < 4.78 is 25.6. The Labute approximate surface area is 215 Å². The lowest BCUT2D eigenvalue weighted by Crippen LogP contribution is -2.49. The van der Waals surface area contributed by atoms with E-state index in [1.807, 2.05) is 18.2 Å². The Balaban J connectivity index is 1.13. The monoisotopic (exact) mass is 518 g/mol. The SMILES string of the molecule is O=C(c1ccc(O)cc1OC[C@@H](O)CN1CCC2(CC1)Cc1cc(Cl)ccc1O2)N1CCC(F)CC1. The summed E-state index contributed by atoms with van der Waals surface area (Å²) in [5.74, 6) is 0.840. The molecule has 3 aliphatic rings. The second-order valence-electron chi connectivity index (χ2n) is 10.1.